The molecule has 19 heavy (non-hydrogen) atoms. The number of nitrogens with two attached hydrogens (primary N) is 1. The van der Waals surface area contributed by atoms with Gasteiger partial charge in [-0.3, -0.25) is 4.79 Å². The third kappa shape index (κ3) is 4.40. The van der Waals surface area contributed by atoms with E-state index in [1.165, 1.54) is 0 Å². The molecular weight excluding hydrogens is 326 g/mol. The number of nitrogens with one attached hydrogen (secondary N) is 1. The quantitative estimate of drug-likeness (QED) is 0.650. The van der Waals surface area contributed by atoms with Gasteiger partial charge in [-0.15, -0.1) is 11.8 Å². The molecule has 0 aliphatic carbocycles. The number of anilines is 1. The summed E-state index contributed by atoms with van der Waals surface area (Å²) < 4.78 is 0.947. The number of amides is 1. The molecule has 1 heterocycles. The van der Waals surface area contributed by atoms with Crippen molar-refractivity contribution in [3.05, 3.63) is 22.7 Å². The van der Waals surface area contributed by atoms with Gasteiger partial charge in [0.2, 0.25) is 5.91 Å². The lowest BCUT2D eigenvalue weighted by Gasteiger charge is -2.19. The van der Waals surface area contributed by atoms with Crippen molar-refractivity contribution in [3.8, 4) is 0 Å². The predicted octanol–water partition coefficient (Wildman–Crippen LogP) is 1.95. The molecule has 1 aliphatic rings. The second-order valence-electron chi connectivity index (χ2n) is 4.46. The van der Waals surface area contributed by atoms with Gasteiger partial charge < -0.3 is 16.0 Å². The van der Waals surface area contributed by atoms with Crippen LogP contribution < -0.4 is 11.1 Å². The first-order valence-electron chi connectivity index (χ1n) is 6.33. The van der Waals surface area contributed by atoms with Gasteiger partial charge in [0.1, 0.15) is 0 Å². The zero-order valence-corrected chi connectivity index (χ0v) is 13.1. The van der Waals surface area contributed by atoms with Crippen LogP contribution in [0.2, 0.25) is 0 Å². The van der Waals surface area contributed by atoms with E-state index in [9.17, 15) is 4.79 Å². The molecule has 2 rings (SSSR count). The van der Waals surface area contributed by atoms with Crippen LogP contribution in [0.4, 0.5) is 5.69 Å². The fourth-order valence-corrected chi connectivity index (χ4v) is 3.52. The van der Waals surface area contributed by atoms with Crippen molar-refractivity contribution in [2.75, 3.05) is 37.7 Å². The van der Waals surface area contributed by atoms with E-state index in [1.807, 2.05) is 23.1 Å². The third-order valence-corrected chi connectivity index (χ3v) is 4.98. The highest BCUT2D eigenvalue weighted by Gasteiger charge is 2.15. The second-order valence-corrected chi connectivity index (χ2v) is 6.33. The van der Waals surface area contributed by atoms with E-state index in [-0.39, 0.29) is 5.91 Å². The number of thioether (sulfide) groups is 1. The number of rotatable bonds is 3. The van der Waals surface area contributed by atoms with Gasteiger partial charge in [0.05, 0.1) is 5.75 Å². The van der Waals surface area contributed by atoms with Gasteiger partial charge in [-0.25, -0.2) is 0 Å². The highest BCUT2D eigenvalue weighted by atomic mass is 79.9. The minimum atomic E-state index is 0.206. The molecule has 1 aromatic carbocycles. The van der Waals surface area contributed by atoms with Gasteiger partial charge in [0, 0.05) is 34.7 Å². The maximum Gasteiger partial charge on any atom is 0.232 e. The van der Waals surface area contributed by atoms with Gasteiger partial charge in [-0.1, -0.05) is 0 Å². The van der Waals surface area contributed by atoms with Crippen molar-refractivity contribution < 1.29 is 4.79 Å². The largest absolute Gasteiger partial charge is 0.399 e. The molecular formula is C13H18BrN3OS. The van der Waals surface area contributed by atoms with Crippen LogP contribution in [-0.4, -0.2) is 42.7 Å². The summed E-state index contributed by atoms with van der Waals surface area (Å²) in [7, 11) is 0. The monoisotopic (exact) mass is 343 g/mol. The normalized spacial score (nSPS) is 16.2. The average molecular weight is 344 g/mol. The molecule has 0 saturated carbocycles. The molecule has 0 atom stereocenters. The Kier molecular flexibility index (Phi) is 5.54. The number of benzene rings is 1. The summed E-state index contributed by atoms with van der Waals surface area (Å²) in [4.78, 5) is 15.1. The Morgan fingerprint density at radius 2 is 2.26 bits per heavy atom. The van der Waals surface area contributed by atoms with E-state index in [1.54, 1.807) is 11.8 Å². The van der Waals surface area contributed by atoms with Crippen LogP contribution in [0, 0.1) is 0 Å². The van der Waals surface area contributed by atoms with Crippen molar-refractivity contribution in [2.45, 2.75) is 11.3 Å². The van der Waals surface area contributed by atoms with Crippen LogP contribution in [0.1, 0.15) is 6.42 Å². The minimum absolute atomic E-state index is 0.206. The fraction of sp³-hybridized carbons (Fsp3) is 0.462. The summed E-state index contributed by atoms with van der Waals surface area (Å²) in [6.07, 6.45) is 1.03. The number of hydrogen-bond acceptors (Lipinski definition) is 4. The Labute approximate surface area is 126 Å². The van der Waals surface area contributed by atoms with Crippen LogP contribution in [0.15, 0.2) is 27.6 Å². The molecule has 1 aliphatic heterocycles. The van der Waals surface area contributed by atoms with Crippen molar-refractivity contribution >= 4 is 39.3 Å². The maximum absolute atomic E-state index is 12.1. The average Bonchev–Trinajstić information content (AvgIpc) is 2.66. The van der Waals surface area contributed by atoms with Crippen molar-refractivity contribution in [1.82, 2.24) is 10.2 Å². The highest BCUT2D eigenvalue weighted by molar-refractivity contribution is 9.10. The zero-order chi connectivity index (χ0) is 13.7. The SMILES string of the molecule is Nc1ccc(SCC(=O)N2CCCNCC2)c(Br)c1. The van der Waals surface area contributed by atoms with Gasteiger partial charge in [0.15, 0.2) is 0 Å². The Hall–Kier alpha value is -0.720. The first-order valence-corrected chi connectivity index (χ1v) is 8.11. The molecule has 3 N–H and O–H groups in total. The van der Waals surface area contributed by atoms with Crippen LogP contribution in [0.5, 0.6) is 0 Å². The molecule has 1 fully saturated rings. The summed E-state index contributed by atoms with van der Waals surface area (Å²) in [5.74, 6) is 0.681. The molecule has 104 valence electrons. The van der Waals surface area contributed by atoms with Crippen molar-refractivity contribution in [3.63, 3.8) is 0 Å². The molecule has 1 saturated heterocycles. The van der Waals surface area contributed by atoms with Crippen LogP contribution in [-0.2, 0) is 4.79 Å². The van der Waals surface area contributed by atoms with Crippen molar-refractivity contribution in [2.24, 2.45) is 0 Å². The minimum Gasteiger partial charge on any atom is -0.399 e. The molecule has 0 radical (unpaired) electrons. The lowest BCUT2D eigenvalue weighted by Crippen LogP contribution is -2.35. The molecule has 0 bridgehead atoms. The summed E-state index contributed by atoms with van der Waals surface area (Å²) >= 11 is 5.02. The topological polar surface area (TPSA) is 58.4 Å². The lowest BCUT2D eigenvalue weighted by atomic mass is 10.3. The Morgan fingerprint density at radius 3 is 3.05 bits per heavy atom. The predicted molar refractivity (Wildman–Crippen MR) is 83.3 cm³/mol. The van der Waals surface area contributed by atoms with Crippen molar-refractivity contribution in [1.29, 1.82) is 0 Å². The first-order chi connectivity index (χ1) is 9.16. The molecule has 4 nitrogen and oxygen atoms in total. The van der Waals surface area contributed by atoms with E-state index >= 15 is 0 Å². The van der Waals surface area contributed by atoms with E-state index in [0.29, 0.717) is 5.75 Å². The smallest absolute Gasteiger partial charge is 0.232 e. The van der Waals surface area contributed by atoms with E-state index < -0.39 is 0 Å². The highest BCUT2D eigenvalue weighted by Crippen LogP contribution is 2.29. The van der Waals surface area contributed by atoms with Crippen LogP contribution in [0.3, 0.4) is 0 Å². The number of carbonyl (C=O) groups excluding carboxylic acids is 1. The summed E-state index contributed by atoms with van der Waals surface area (Å²) in [5.41, 5.74) is 6.42. The summed E-state index contributed by atoms with van der Waals surface area (Å²) in [5, 5.41) is 3.30. The standard InChI is InChI=1S/C13H18BrN3OS/c14-11-8-10(15)2-3-12(11)19-9-13(18)17-6-1-4-16-5-7-17/h2-3,8,16H,1,4-7,9,15H2. The van der Waals surface area contributed by atoms with Gasteiger partial charge >= 0.3 is 0 Å². The van der Waals surface area contributed by atoms with Crippen LogP contribution in [0.25, 0.3) is 0 Å². The van der Waals surface area contributed by atoms with Crippen LogP contribution >= 0.6 is 27.7 Å². The first kappa shape index (κ1) is 14.7. The van der Waals surface area contributed by atoms with E-state index in [2.05, 4.69) is 21.2 Å². The Bertz CT molecular complexity index is 448. The third-order valence-electron chi connectivity index (χ3n) is 3.00. The van der Waals surface area contributed by atoms with Gasteiger partial charge in [0.25, 0.3) is 0 Å². The molecule has 6 heteroatoms. The number of hydrogen-bond donors (Lipinski definition) is 2. The molecule has 0 spiro atoms. The maximum atomic E-state index is 12.1. The van der Waals surface area contributed by atoms with E-state index in [0.717, 1.165) is 47.7 Å². The van der Waals surface area contributed by atoms with E-state index in [4.69, 9.17) is 5.73 Å². The fourth-order valence-electron chi connectivity index (χ4n) is 1.96. The Balaban J connectivity index is 1.88. The number of nitrogen functional groups attached to an aromatic ring is 1. The Morgan fingerprint density at radius 1 is 1.42 bits per heavy atom. The molecule has 0 aromatic heterocycles. The zero-order valence-electron chi connectivity index (χ0n) is 10.7. The molecule has 1 amide bonds. The second kappa shape index (κ2) is 7.17. The molecule has 0 unspecified atom stereocenters. The van der Waals surface area contributed by atoms with Gasteiger partial charge in [-0.2, -0.15) is 0 Å². The van der Waals surface area contributed by atoms with Gasteiger partial charge in [-0.05, 0) is 47.1 Å². The molecule has 1 aromatic rings. The lowest BCUT2D eigenvalue weighted by molar-refractivity contribution is -0.128. The number of halogens is 1. The summed E-state index contributed by atoms with van der Waals surface area (Å²) in [6.45, 7) is 3.56. The number of nitrogens with zero attached hydrogens (tertiary/aromatic N) is 1. The summed E-state index contributed by atoms with van der Waals surface area (Å²) in [6, 6.07) is 5.66. The number of carbonyl (C=O) groups is 1.